The summed E-state index contributed by atoms with van der Waals surface area (Å²) in [5, 5.41) is 5.41. The van der Waals surface area contributed by atoms with E-state index in [1.54, 1.807) is 12.1 Å². The quantitative estimate of drug-likeness (QED) is 0.716. The van der Waals surface area contributed by atoms with E-state index in [0.717, 1.165) is 10.2 Å². The molecule has 25 heavy (non-hydrogen) atoms. The number of rotatable bonds is 6. The highest BCUT2D eigenvalue weighted by Crippen LogP contribution is 2.23. The molecule has 0 aromatic heterocycles. The van der Waals surface area contributed by atoms with E-state index in [2.05, 4.69) is 38.4 Å². The lowest BCUT2D eigenvalue weighted by molar-refractivity contribution is 0.253. The van der Waals surface area contributed by atoms with Gasteiger partial charge in [0.15, 0.2) is 0 Å². The average molecular weight is 403 g/mol. The Labute approximate surface area is 155 Å². The third kappa shape index (κ3) is 6.77. The van der Waals surface area contributed by atoms with E-state index >= 15 is 0 Å². The third-order valence-electron chi connectivity index (χ3n) is 3.00. The van der Waals surface area contributed by atoms with Crippen LogP contribution in [0.1, 0.15) is 6.92 Å². The standard InChI is InChI=1S/C19H19BrN2O3/c1-2-24-18-11-4-3-10-17(18)22-19(23)21-12-5-6-13-25-16-9-7-8-15(20)14-16/h3-4,7-11,14H,2,12-13H2,1H3,(H2,21,22,23). The molecule has 0 bridgehead atoms. The van der Waals surface area contributed by atoms with Gasteiger partial charge in [-0.05, 0) is 37.3 Å². The van der Waals surface area contributed by atoms with Crippen LogP contribution in [0.15, 0.2) is 53.0 Å². The molecule has 0 saturated carbocycles. The number of amides is 2. The zero-order valence-electron chi connectivity index (χ0n) is 13.8. The van der Waals surface area contributed by atoms with E-state index in [1.165, 1.54) is 0 Å². The topological polar surface area (TPSA) is 59.6 Å². The van der Waals surface area contributed by atoms with Gasteiger partial charge in [0, 0.05) is 4.47 Å². The monoisotopic (exact) mass is 402 g/mol. The predicted molar refractivity (Wildman–Crippen MR) is 102 cm³/mol. The van der Waals surface area contributed by atoms with Gasteiger partial charge in [-0.1, -0.05) is 46.0 Å². The number of halogens is 1. The molecule has 0 aliphatic carbocycles. The highest BCUT2D eigenvalue weighted by molar-refractivity contribution is 9.10. The zero-order valence-corrected chi connectivity index (χ0v) is 15.4. The van der Waals surface area contributed by atoms with Gasteiger partial charge in [-0.2, -0.15) is 0 Å². The molecule has 0 radical (unpaired) electrons. The lowest BCUT2D eigenvalue weighted by atomic mass is 10.3. The summed E-state index contributed by atoms with van der Waals surface area (Å²) in [6.07, 6.45) is 0. The van der Waals surface area contributed by atoms with Crippen molar-refractivity contribution in [2.75, 3.05) is 25.1 Å². The fourth-order valence-corrected chi connectivity index (χ4v) is 2.31. The Kier molecular flexibility index (Phi) is 7.67. The number of urea groups is 1. The van der Waals surface area contributed by atoms with Gasteiger partial charge >= 0.3 is 6.03 Å². The molecule has 0 atom stereocenters. The van der Waals surface area contributed by atoms with Gasteiger partial charge in [0.25, 0.3) is 0 Å². The Morgan fingerprint density at radius 3 is 2.76 bits per heavy atom. The van der Waals surface area contributed by atoms with Gasteiger partial charge in [-0.3, -0.25) is 0 Å². The molecule has 130 valence electrons. The summed E-state index contributed by atoms with van der Waals surface area (Å²) in [5.74, 6) is 7.06. The molecular weight excluding hydrogens is 384 g/mol. The molecule has 5 nitrogen and oxygen atoms in total. The van der Waals surface area contributed by atoms with Crippen LogP contribution in [0.25, 0.3) is 0 Å². The van der Waals surface area contributed by atoms with Crippen molar-refractivity contribution in [1.29, 1.82) is 0 Å². The molecule has 0 aliphatic rings. The number of carbonyl (C=O) groups is 1. The molecule has 0 aliphatic heterocycles. The summed E-state index contributed by atoms with van der Waals surface area (Å²) >= 11 is 3.37. The number of benzene rings is 2. The van der Waals surface area contributed by atoms with E-state index < -0.39 is 0 Å². The Bertz CT molecular complexity index is 769. The predicted octanol–water partition coefficient (Wildman–Crippen LogP) is 4.05. The second-order valence-electron chi connectivity index (χ2n) is 4.84. The normalized spacial score (nSPS) is 9.52. The van der Waals surface area contributed by atoms with Crippen LogP contribution in [0.4, 0.5) is 10.5 Å². The van der Waals surface area contributed by atoms with Crippen LogP contribution >= 0.6 is 15.9 Å². The fourth-order valence-electron chi connectivity index (χ4n) is 1.93. The van der Waals surface area contributed by atoms with Crippen molar-refractivity contribution in [3.63, 3.8) is 0 Å². The maximum Gasteiger partial charge on any atom is 0.320 e. The van der Waals surface area contributed by atoms with Crippen molar-refractivity contribution in [3.8, 4) is 23.3 Å². The highest BCUT2D eigenvalue weighted by atomic mass is 79.9. The molecule has 0 fully saturated rings. The van der Waals surface area contributed by atoms with Crippen LogP contribution in [0.2, 0.25) is 0 Å². The Hall–Kier alpha value is -2.65. The smallest absolute Gasteiger partial charge is 0.320 e. The number of anilines is 1. The first-order valence-electron chi connectivity index (χ1n) is 7.80. The first kappa shape index (κ1) is 18.7. The molecule has 0 heterocycles. The average Bonchev–Trinajstić information content (AvgIpc) is 2.60. The van der Waals surface area contributed by atoms with Crippen LogP contribution < -0.4 is 20.1 Å². The summed E-state index contributed by atoms with van der Waals surface area (Å²) in [7, 11) is 0. The molecule has 6 heteroatoms. The van der Waals surface area contributed by atoms with Gasteiger partial charge in [0.05, 0.1) is 18.8 Å². The van der Waals surface area contributed by atoms with Gasteiger partial charge in [0.1, 0.15) is 18.1 Å². The maximum atomic E-state index is 11.9. The first-order valence-corrected chi connectivity index (χ1v) is 8.59. The number of hydrogen-bond acceptors (Lipinski definition) is 3. The van der Waals surface area contributed by atoms with E-state index in [-0.39, 0.29) is 19.2 Å². The third-order valence-corrected chi connectivity index (χ3v) is 3.50. The number of carbonyl (C=O) groups excluding carboxylic acids is 1. The summed E-state index contributed by atoms with van der Waals surface area (Å²) in [6.45, 7) is 2.91. The SMILES string of the molecule is CCOc1ccccc1NC(=O)NCC#CCOc1cccc(Br)c1. The van der Waals surface area contributed by atoms with Crippen molar-refractivity contribution in [2.45, 2.75) is 6.92 Å². The summed E-state index contributed by atoms with van der Waals surface area (Å²) in [5.41, 5.74) is 0.618. The van der Waals surface area contributed by atoms with E-state index in [4.69, 9.17) is 9.47 Å². The van der Waals surface area contributed by atoms with Crippen molar-refractivity contribution in [3.05, 3.63) is 53.0 Å². The molecule has 2 amide bonds. The largest absolute Gasteiger partial charge is 0.492 e. The molecule has 0 saturated heterocycles. The number of ether oxygens (including phenoxy) is 2. The van der Waals surface area contributed by atoms with Gasteiger partial charge in [-0.15, -0.1) is 0 Å². The summed E-state index contributed by atoms with van der Waals surface area (Å²) in [4.78, 5) is 11.9. The van der Waals surface area contributed by atoms with Crippen molar-refractivity contribution in [2.24, 2.45) is 0 Å². The minimum Gasteiger partial charge on any atom is -0.492 e. The second kappa shape index (κ2) is 10.3. The van der Waals surface area contributed by atoms with E-state index in [0.29, 0.717) is 18.0 Å². The van der Waals surface area contributed by atoms with Crippen LogP contribution in [0.3, 0.4) is 0 Å². The van der Waals surface area contributed by atoms with Crippen LogP contribution in [-0.2, 0) is 0 Å². The molecule has 0 unspecified atom stereocenters. The van der Waals surface area contributed by atoms with Gasteiger partial charge < -0.3 is 20.1 Å². The molecule has 2 aromatic rings. The highest BCUT2D eigenvalue weighted by Gasteiger charge is 2.05. The summed E-state index contributed by atoms with van der Waals surface area (Å²) in [6, 6.07) is 14.5. The van der Waals surface area contributed by atoms with Crippen LogP contribution in [0.5, 0.6) is 11.5 Å². The van der Waals surface area contributed by atoms with Crippen LogP contribution in [0, 0.1) is 11.8 Å². The number of para-hydroxylation sites is 2. The zero-order chi connectivity index (χ0) is 17.9. The van der Waals surface area contributed by atoms with Gasteiger partial charge in [0.2, 0.25) is 0 Å². The molecule has 0 spiro atoms. The molecule has 2 N–H and O–H groups in total. The van der Waals surface area contributed by atoms with Gasteiger partial charge in [-0.25, -0.2) is 4.79 Å². The summed E-state index contributed by atoms with van der Waals surface area (Å²) < 4.78 is 11.9. The Balaban J connectivity index is 1.72. The van der Waals surface area contributed by atoms with Crippen molar-refractivity contribution < 1.29 is 14.3 Å². The number of nitrogens with one attached hydrogen (secondary N) is 2. The van der Waals surface area contributed by atoms with Crippen molar-refractivity contribution in [1.82, 2.24) is 5.32 Å². The van der Waals surface area contributed by atoms with E-state index in [1.807, 2.05) is 43.3 Å². The van der Waals surface area contributed by atoms with Crippen molar-refractivity contribution >= 4 is 27.6 Å². The number of hydrogen-bond donors (Lipinski definition) is 2. The minimum absolute atomic E-state index is 0.227. The molecule has 2 aromatic carbocycles. The molecular formula is C19H19BrN2O3. The maximum absolute atomic E-state index is 11.9. The van der Waals surface area contributed by atoms with Crippen LogP contribution in [-0.4, -0.2) is 25.8 Å². The minimum atomic E-state index is -0.339. The first-order chi connectivity index (χ1) is 12.2. The second-order valence-corrected chi connectivity index (χ2v) is 5.75. The Morgan fingerprint density at radius 2 is 1.96 bits per heavy atom. The molecule has 2 rings (SSSR count). The fraction of sp³-hybridized carbons (Fsp3) is 0.211. The van der Waals surface area contributed by atoms with E-state index in [9.17, 15) is 4.79 Å². The lowest BCUT2D eigenvalue weighted by Gasteiger charge is -2.11. The lowest BCUT2D eigenvalue weighted by Crippen LogP contribution is -2.29. The Morgan fingerprint density at radius 1 is 1.12 bits per heavy atom.